The highest BCUT2D eigenvalue weighted by molar-refractivity contribution is 5.87. The Morgan fingerprint density at radius 1 is 1.36 bits per heavy atom. The maximum absolute atomic E-state index is 12.2. The molecule has 0 radical (unpaired) electrons. The van der Waals surface area contributed by atoms with Crippen LogP contribution in [-0.2, 0) is 19.1 Å². The van der Waals surface area contributed by atoms with Crippen LogP contribution in [0.3, 0.4) is 0 Å². The molecule has 7 heteroatoms. The minimum atomic E-state index is -0.862. The second kappa shape index (κ2) is 7.09. The van der Waals surface area contributed by atoms with E-state index in [0.717, 1.165) is 6.42 Å². The number of nitrogens with zero attached hydrogens (tertiary/aromatic N) is 2. The van der Waals surface area contributed by atoms with Crippen molar-refractivity contribution in [3.63, 3.8) is 0 Å². The number of likely N-dealkylation sites (N-methyl/N-ethyl adjacent to an activating group) is 1. The van der Waals surface area contributed by atoms with E-state index in [1.54, 1.807) is 11.9 Å². The molecule has 1 aliphatic carbocycles. The van der Waals surface area contributed by atoms with Crippen molar-refractivity contribution < 1.29 is 24.2 Å². The molecule has 3 atom stereocenters. The van der Waals surface area contributed by atoms with E-state index in [0.29, 0.717) is 26.0 Å². The number of carboxylic acid groups (broad SMARTS) is 1. The highest BCUT2D eigenvalue weighted by Gasteiger charge is 2.45. The van der Waals surface area contributed by atoms with Gasteiger partial charge in [0.2, 0.25) is 11.8 Å². The van der Waals surface area contributed by atoms with Crippen molar-refractivity contribution >= 4 is 17.8 Å². The molecule has 2 fully saturated rings. The number of hydrogen-bond donors (Lipinski definition) is 1. The third-order valence-corrected chi connectivity index (χ3v) is 4.30. The first-order chi connectivity index (χ1) is 10.4. The standard InChI is InChI=1S/C15H24N2O5/c1-3-22-12-7-11(12)14(19)16(2)9-13(18)17-6-4-5-10(8-17)15(20)21/h10-12H,3-9H2,1-2H3,(H,20,21)/t10-,11-,12+/m0/s1. The van der Waals surface area contributed by atoms with E-state index in [1.807, 2.05) is 6.92 Å². The number of piperidine rings is 1. The molecule has 7 nitrogen and oxygen atoms in total. The second-order valence-electron chi connectivity index (χ2n) is 6.05. The number of ether oxygens (including phenoxy) is 1. The van der Waals surface area contributed by atoms with Crippen LogP contribution in [0, 0.1) is 11.8 Å². The molecule has 1 N–H and O–H groups in total. The molecule has 1 saturated heterocycles. The summed E-state index contributed by atoms with van der Waals surface area (Å²) in [6, 6.07) is 0. The molecule has 0 unspecified atom stereocenters. The number of likely N-dealkylation sites (tertiary alicyclic amines) is 1. The van der Waals surface area contributed by atoms with Gasteiger partial charge in [0.1, 0.15) is 0 Å². The first-order valence-electron chi connectivity index (χ1n) is 7.81. The lowest BCUT2D eigenvalue weighted by atomic mass is 9.98. The first kappa shape index (κ1) is 16.7. The first-order valence-corrected chi connectivity index (χ1v) is 7.81. The van der Waals surface area contributed by atoms with E-state index in [2.05, 4.69) is 0 Å². The molecule has 1 saturated carbocycles. The molecule has 1 heterocycles. The van der Waals surface area contributed by atoms with Crippen molar-refractivity contribution in [3.05, 3.63) is 0 Å². The molecule has 22 heavy (non-hydrogen) atoms. The lowest BCUT2D eigenvalue weighted by Crippen LogP contribution is -2.47. The molecule has 0 aromatic heterocycles. The van der Waals surface area contributed by atoms with Gasteiger partial charge in [0.15, 0.2) is 0 Å². The summed E-state index contributed by atoms with van der Waals surface area (Å²) >= 11 is 0. The number of rotatable bonds is 6. The molecular weight excluding hydrogens is 288 g/mol. The van der Waals surface area contributed by atoms with Crippen LogP contribution in [0.2, 0.25) is 0 Å². The van der Waals surface area contributed by atoms with Gasteiger partial charge in [0.25, 0.3) is 0 Å². The fraction of sp³-hybridized carbons (Fsp3) is 0.800. The summed E-state index contributed by atoms with van der Waals surface area (Å²) in [6.45, 7) is 3.28. The zero-order valence-electron chi connectivity index (χ0n) is 13.2. The van der Waals surface area contributed by atoms with Crippen LogP contribution >= 0.6 is 0 Å². The van der Waals surface area contributed by atoms with E-state index >= 15 is 0 Å². The van der Waals surface area contributed by atoms with Gasteiger partial charge in [0.05, 0.1) is 24.5 Å². The summed E-state index contributed by atoms with van der Waals surface area (Å²) in [5.41, 5.74) is 0. The third-order valence-electron chi connectivity index (χ3n) is 4.30. The van der Waals surface area contributed by atoms with Crippen LogP contribution in [-0.4, -0.2) is 72.1 Å². The van der Waals surface area contributed by atoms with Crippen LogP contribution in [0.1, 0.15) is 26.2 Å². The van der Waals surface area contributed by atoms with Gasteiger partial charge in [0, 0.05) is 26.7 Å². The van der Waals surface area contributed by atoms with E-state index in [9.17, 15) is 14.4 Å². The monoisotopic (exact) mass is 312 g/mol. The molecule has 0 aromatic carbocycles. The van der Waals surface area contributed by atoms with Crippen molar-refractivity contribution in [3.8, 4) is 0 Å². The number of amides is 2. The Hall–Kier alpha value is -1.63. The SMILES string of the molecule is CCO[C@@H]1C[C@@H]1C(=O)N(C)CC(=O)N1CCC[C@H](C(=O)O)C1. The molecule has 2 aliphatic rings. The number of carbonyl (C=O) groups is 3. The maximum atomic E-state index is 12.2. The minimum Gasteiger partial charge on any atom is -0.481 e. The fourth-order valence-corrected chi connectivity index (χ4v) is 2.90. The van der Waals surface area contributed by atoms with Crippen molar-refractivity contribution in [2.75, 3.05) is 33.3 Å². The molecule has 2 amide bonds. The summed E-state index contributed by atoms with van der Waals surface area (Å²) in [7, 11) is 1.61. The predicted molar refractivity (Wildman–Crippen MR) is 78.1 cm³/mol. The molecule has 0 spiro atoms. The summed E-state index contributed by atoms with van der Waals surface area (Å²) in [4.78, 5) is 38.4. The average Bonchev–Trinajstić information content (AvgIpc) is 3.26. The van der Waals surface area contributed by atoms with Gasteiger partial charge < -0.3 is 19.6 Å². The molecular formula is C15H24N2O5. The number of hydrogen-bond acceptors (Lipinski definition) is 4. The van der Waals surface area contributed by atoms with Crippen LogP contribution in [0.15, 0.2) is 0 Å². The van der Waals surface area contributed by atoms with Gasteiger partial charge >= 0.3 is 5.97 Å². The lowest BCUT2D eigenvalue weighted by Gasteiger charge is -2.32. The van der Waals surface area contributed by atoms with Crippen LogP contribution in [0.4, 0.5) is 0 Å². The quantitative estimate of drug-likeness (QED) is 0.757. The van der Waals surface area contributed by atoms with Crippen molar-refractivity contribution in [2.45, 2.75) is 32.3 Å². The van der Waals surface area contributed by atoms with E-state index in [1.165, 1.54) is 4.90 Å². The molecule has 1 aliphatic heterocycles. The Labute approximate surface area is 130 Å². The topological polar surface area (TPSA) is 87.2 Å². The second-order valence-corrected chi connectivity index (χ2v) is 6.05. The highest BCUT2D eigenvalue weighted by atomic mass is 16.5. The summed E-state index contributed by atoms with van der Waals surface area (Å²) in [5, 5.41) is 9.05. The Balaban J connectivity index is 1.81. The molecule has 0 bridgehead atoms. The van der Waals surface area contributed by atoms with Gasteiger partial charge in [-0.3, -0.25) is 14.4 Å². The third kappa shape index (κ3) is 3.97. The molecule has 124 valence electrons. The molecule has 2 rings (SSSR count). The highest BCUT2D eigenvalue weighted by Crippen LogP contribution is 2.35. The Bertz CT molecular complexity index is 453. The van der Waals surface area contributed by atoms with Gasteiger partial charge in [-0.15, -0.1) is 0 Å². The Morgan fingerprint density at radius 2 is 2.09 bits per heavy atom. The van der Waals surface area contributed by atoms with Gasteiger partial charge in [-0.2, -0.15) is 0 Å². The van der Waals surface area contributed by atoms with Crippen molar-refractivity contribution in [1.29, 1.82) is 0 Å². The van der Waals surface area contributed by atoms with E-state index in [4.69, 9.17) is 9.84 Å². The maximum Gasteiger partial charge on any atom is 0.308 e. The Kier molecular flexibility index (Phi) is 5.39. The number of carboxylic acids is 1. The van der Waals surface area contributed by atoms with Gasteiger partial charge in [-0.25, -0.2) is 0 Å². The smallest absolute Gasteiger partial charge is 0.308 e. The minimum absolute atomic E-state index is 0.000513. The normalized spacial score (nSPS) is 27.4. The average molecular weight is 312 g/mol. The number of aliphatic carboxylic acids is 1. The van der Waals surface area contributed by atoms with Crippen LogP contribution in [0.5, 0.6) is 0 Å². The van der Waals surface area contributed by atoms with Gasteiger partial charge in [-0.05, 0) is 26.2 Å². The summed E-state index contributed by atoms with van der Waals surface area (Å²) in [6.07, 6.45) is 2.00. The van der Waals surface area contributed by atoms with Crippen LogP contribution in [0.25, 0.3) is 0 Å². The predicted octanol–water partition coefficient (Wildman–Crippen LogP) is 0.193. The summed E-state index contributed by atoms with van der Waals surface area (Å²) in [5.74, 6) is -1.75. The molecule has 0 aromatic rings. The van der Waals surface area contributed by atoms with Crippen molar-refractivity contribution in [1.82, 2.24) is 9.80 Å². The van der Waals surface area contributed by atoms with Gasteiger partial charge in [-0.1, -0.05) is 0 Å². The Morgan fingerprint density at radius 3 is 2.73 bits per heavy atom. The summed E-state index contributed by atoms with van der Waals surface area (Å²) < 4.78 is 5.39. The van der Waals surface area contributed by atoms with Crippen LogP contribution < -0.4 is 0 Å². The fourth-order valence-electron chi connectivity index (χ4n) is 2.90. The zero-order chi connectivity index (χ0) is 16.3. The lowest BCUT2D eigenvalue weighted by molar-refractivity contribution is -0.147. The zero-order valence-corrected chi connectivity index (χ0v) is 13.2. The number of carbonyl (C=O) groups excluding carboxylic acids is 2. The van der Waals surface area contributed by atoms with E-state index < -0.39 is 11.9 Å². The van der Waals surface area contributed by atoms with Crippen molar-refractivity contribution in [2.24, 2.45) is 11.8 Å². The largest absolute Gasteiger partial charge is 0.481 e. The van der Waals surface area contributed by atoms with E-state index in [-0.39, 0.29) is 36.9 Å².